The van der Waals surface area contributed by atoms with Crippen LogP contribution in [0.2, 0.25) is 0 Å². The summed E-state index contributed by atoms with van der Waals surface area (Å²) in [4.78, 5) is 13.8. The molecule has 0 bridgehead atoms. The van der Waals surface area contributed by atoms with Gasteiger partial charge in [-0.1, -0.05) is 15.9 Å². The fourth-order valence-electron chi connectivity index (χ4n) is 2.26. The number of benzene rings is 1. The van der Waals surface area contributed by atoms with E-state index in [1.165, 1.54) is 6.08 Å². The Morgan fingerprint density at radius 3 is 3.05 bits per heavy atom. The molecule has 2 rings (SSSR count). The average Bonchev–Trinajstić information content (AvgIpc) is 2.45. The fourth-order valence-corrected chi connectivity index (χ4v) is 2.64. The second-order valence-corrected chi connectivity index (χ2v) is 5.72. The number of aliphatic hydroxyl groups is 1. The summed E-state index contributed by atoms with van der Waals surface area (Å²) in [6, 6.07) is 5.63. The number of piperidine rings is 1. The molecule has 108 valence electrons. The van der Waals surface area contributed by atoms with Gasteiger partial charge in [0, 0.05) is 29.2 Å². The quantitative estimate of drug-likeness (QED) is 0.860. The van der Waals surface area contributed by atoms with Gasteiger partial charge in [0.15, 0.2) is 0 Å². The number of amides is 1. The van der Waals surface area contributed by atoms with Crippen molar-refractivity contribution in [2.75, 3.05) is 20.2 Å². The number of halogens is 1. The van der Waals surface area contributed by atoms with E-state index < -0.39 is 6.10 Å². The minimum Gasteiger partial charge on any atom is -0.496 e. The van der Waals surface area contributed by atoms with Gasteiger partial charge >= 0.3 is 0 Å². The average molecular weight is 340 g/mol. The van der Waals surface area contributed by atoms with Gasteiger partial charge in [-0.05, 0) is 37.1 Å². The zero-order valence-electron chi connectivity index (χ0n) is 11.4. The second-order valence-electron chi connectivity index (χ2n) is 4.80. The van der Waals surface area contributed by atoms with E-state index in [1.54, 1.807) is 18.1 Å². The smallest absolute Gasteiger partial charge is 0.246 e. The molecule has 5 heteroatoms. The lowest BCUT2D eigenvalue weighted by atomic mass is 10.1. The lowest BCUT2D eigenvalue weighted by molar-refractivity contribution is -0.128. The summed E-state index contributed by atoms with van der Waals surface area (Å²) < 4.78 is 6.19. The summed E-state index contributed by atoms with van der Waals surface area (Å²) in [5, 5.41) is 9.59. The van der Waals surface area contributed by atoms with Crippen LogP contribution in [0.25, 0.3) is 6.08 Å². The van der Waals surface area contributed by atoms with Crippen molar-refractivity contribution in [1.29, 1.82) is 0 Å². The molecule has 1 aliphatic rings. The lowest BCUT2D eigenvalue weighted by Gasteiger charge is -2.29. The second kappa shape index (κ2) is 6.90. The van der Waals surface area contributed by atoms with Gasteiger partial charge < -0.3 is 14.7 Å². The molecule has 20 heavy (non-hydrogen) atoms. The number of carbonyl (C=O) groups is 1. The number of hydrogen-bond acceptors (Lipinski definition) is 3. The molecule has 1 atom stereocenters. The van der Waals surface area contributed by atoms with Gasteiger partial charge in [-0.2, -0.15) is 0 Å². The van der Waals surface area contributed by atoms with Crippen molar-refractivity contribution in [3.8, 4) is 5.75 Å². The van der Waals surface area contributed by atoms with Crippen molar-refractivity contribution < 1.29 is 14.6 Å². The van der Waals surface area contributed by atoms with E-state index in [1.807, 2.05) is 18.2 Å². The molecule has 1 aromatic carbocycles. The number of β-amino-alcohol motifs (C(OH)–C–C–N with tert-alkyl or cyclic N) is 1. The van der Waals surface area contributed by atoms with Crippen molar-refractivity contribution >= 4 is 27.9 Å². The van der Waals surface area contributed by atoms with E-state index in [0.717, 1.165) is 28.6 Å². The molecule has 0 aromatic heterocycles. The Bertz CT molecular complexity index is 516. The molecule has 1 fully saturated rings. The molecule has 1 saturated heterocycles. The molecule has 1 aromatic rings. The van der Waals surface area contributed by atoms with Gasteiger partial charge in [-0.3, -0.25) is 4.79 Å². The summed E-state index contributed by atoms with van der Waals surface area (Å²) >= 11 is 3.40. The molecule has 0 saturated carbocycles. The van der Waals surface area contributed by atoms with Crippen LogP contribution in [-0.2, 0) is 4.79 Å². The summed E-state index contributed by atoms with van der Waals surface area (Å²) in [6.07, 6.45) is 4.49. The van der Waals surface area contributed by atoms with Crippen LogP contribution >= 0.6 is 15.9 Å². The predicted octanol–water partition coefficient (Wildman–Crippen LogP) is 2.45. The third-order valence-corrected chi connectivity index (χ3v) is 3.80. The number of hydrogen-bond donors (Lipinski definition) is 1. The first kappa shape index (κ1) is 15.1. The maximum absolute atomic E-state index is 12.1. The number of rotatable bonds is 3. The molecule has 1 amide bonds. The van der Waals surface area contributed by atoms with Crippen LogP contribution in [0.15, 0.2) is 28.7 Å². The van der Waals surface area contributed by atoms with Crippen LogP contribution in [0.4, 0.5) is 0 Å². The molecule has 1 N–H and O–H groups in total. The van der Waals surface area contributed by atoms with E-state index in [4.69, 9.17) is 4.74 Å². The molecule has 0 aliphatic carbocycles. The van der Waals surface area contributed by atoms with Crippen LogP contribution in [0.1, 0.15) is 18.4 Å². The number of likely N-dealkylation sites (tertiary alicyclic amines) is 1. The largest absolute Gasteiger partial charge is 0.496 e. The zero-order chi connectivity index (χ0) is 14.5. The van der Waals surface area contributed by atoms with E-state index in [9.17, 15) is 9.90 Å². The highest BCUT2D eigenvalue weighted by Crippen LogP contribution is 2.24. The number of methoxy groups -OCH3 is 1. The standard InChI is InChI=1S/C15H18BrNO3/c1-20-14-6-5-12(16)9-11(14)4-7-15(19)17-8-2-3-13(18)10-17/h4-7,9,13,18H,2-3,8,10H2,1H3. The van der Waals surface area contributed by atoms with Crippen LogP contribution in [0, 0.1) is 0 Å². The van der Waals surface area contributed by atoms with Gasteiger partial charge in [-0.15, -0.1) is 0 Å². The molecule has 1 aliphatic heterocycles. The van der Waals surface area contributed by atoms with E-state index >= 15 is 0 Å². The predicted molar refractivity (Wildman–Crippen MR) is 81.5 cm³/mol. The third kappa shape index (κ3) is 3.84. The fraction of sp³-hybridized carbons (Fsp3) is 0.400. The molecule has 0 radical (unpaired) electrons. The van der Waals surface area contributed by atoms with Crippen LogP contribution in [0.3, 0.4) is 0 Å². The normalized spacial score (nSPS) is 19.4. The van der Waals surface area contributed by atoms with Gasteiger partial charge in [0.2, 0.25) is 5.91 Å². The van der Waals surface area contributed by atoms with Gasteiger partial charge in [0.05, 0.1) is 13.2 Å². The van der Waals surface area contributed by atoms with Gasteiger partial charge in [0.1, 0.15) is 5.75 Å². The summed E-state index contributed by atoms with van der Waals surface area (Å²) in [5.74, 6) is 0.640. The molecular formula is C15H18BrNO3. The highest BCUT2D eigenvalue weighted by molar-refractivity contribution is 9.10. The Morgan fingerprint density at radius 2 is 2.35 bits per heavy atom. The Kier molecular flexibility index (Phi) is 5.20. The first-order chi connectivity index (χ1) is 9.60. The lowest BCUT2D eigenvalue weighted by Crippen LogP contribution is -2.41. The summed E-state index contributed by atoms with van der Waals surface area (Å²) in [7, 11) is 1.60. The Labute approximate surface area is 127 Å². The Morgan fingerprint density at radius 1 is 1.55 bits per heavy atom. The summed E-state index contributed by atoms with van der Waals surface area (Å²) in [5.41, 5.74) is 0.841. The number of ether oxygens (including phenoxy) is 1. The summed E-state index contributed by atoms with van der Waals surface area (Å²) in [6.45, 7) is 1.12. The first-order valence-electron chi connectivity index (χ1n) is 6.58. The van der Waals surface area contributed by atoms with Crippen LogP contribution < -0.4 is 4.74 Å². The minimum absolute atomic E-state index is 0.0780. The SMILES string of the molecule is COc1ccc(Br)cc1C=CC(=O)N1CCCC(O)C1. The topological polar surface area (TPSA) is 49.8 Å². The molecular weight excluding hydrogens is 322 g/mol. The Hall–Kier alpha value is -1.33. The number of aliphatic hydroxyl groups excluding tert-OH is 1. The minimum atomic E-state index is -0.401. The monoisotopic (exact) mass is 339 g/mol. The van der Waals surface area contributed by atoms with Gasteiger partial charge in [-0.25, -0.2) is 0 Å². The number of nitrogens with zero attached hydrogens (tertiary/aromatic N) is 1. The van der Waals surface area contributed by atoms with Crippen molar-refractivity contribution in [3.63, 3.8) is 0 Å². The van der Waals surface area contributed by atoms with Crippen molar-refractivity contribution in [2.24, 2.45) is 0 Å². The third-order valence-electron chi connectivity index (χ3n) is 3.31. The number of carbonyl (C=O) groups excluding carboxylic acids is 1. The van der Waals surface area contributed by atoms with Crippen molar-refractivity contribution in [2.45, 2.75) is 18.9 Å². The molecule has 1 heterocycles. The Balaban J connectivity index is 2.08. The van der Waals surface area contributed by atoms with E-state index in [2.05, 4.69) is 15.9 Å². The first-order valence-corrected chi connectivity index (χ1v) is 7.38. The highest BCUT2D eigenvalue weighted by atomic mass is 79.9. The van der Waals surface area contributed by atoms with E-state index in [-0.39, 0.29) is 5.91 Å². The van der Waals surface area contributed by atoms with E-state index in [0.29, 0.717) is 13.1 Å². The molecule has 1 unspecified atom stereocenters. The molecule has 4 nitrogen and oxygen atoms in total. The highest BCUT2D eigenvalue weighted by Gasteiger charge is 2.20. The maximum atomic E-state index is 12.1. The van der Waals surface area contributed by atoms with Crippen molar-refractivity contribution in [1.82, 2.24) is 4.90 Å². The van der Waals surface area contributed by atoms with Gasteiger partial charge in [0.25, 0.3) is 0 Å². The zero-order valence-corrected chi connectivity index (χ0v) is 13.0. The van der Waals surface area contributed by atoms with Crippen LogP contribution in [0.5, 0.6) is 5.75 Å². The van der Waals surface area contributed by atoms with Crippen LogP contribution in [-0.4, -0.2) is 42.2 Å². The molecule has 0 spiro atoms. The van der Waals surface area contributed by atoms with Crippen molar-refractivity contribution in [3.05, 3.63) is 34.3 Å². The maximum Gasteiger partial charge on any atom is 0.246 e.